The predicted molar refractivity (Wildman–Crippen MR) is 58.0 cm³/mol. The first kappa shape index (κ1) is 10.6. The number of nitrogens with one attached hydrogen (secondary N) is 1. The fourth-order valence-electron chi connectivity index (χ4n) is 0.933. The molecule has 0 saturated carbocycles. The minimum Gasteiger partial charge on any atom is -0.270 e. The molecule has 1 aromatic rings. The molecule has 0 saturated heterocycles. The molecule has 1 aromatic carbocycles. The monoisotopic (exact) mass is 258 g/mol. The number of nitrogens with two attached hydrogens (primary N) is 1. The summed E-state index contributed by atoms with van der Waals surface area (Å²) in [6, 6.07) is 5.15. The van der Waals surface area contributed by atoms with E-state index in [1.807, 2.05) is 12.1 Å². The lowest BCUT2D eigenvalue weighted by Gasteiger charge is -2.09. The Kier molecular flexibility index (Phi) is 3.76. The number of terminal acetylenes is 1. The Balaban J connectivity index is 3.04. The van der Waals surface area contributed by atoms with Crippen LogP contribution in [0.3, 0.4) is 0 Å². The quantitative estimate of drug-likeness (QED) is 0.486. The van der Waals surface area contributed by atoms with Gasteiger partial charge in [0.15, 0.2) is 0 Å². The molecule has 0 amide bonds. The normalized spacial score (nSPS) is 12.2. The fourth-order valence-corrected chi connectivity index (χ4v) is 1.45. The van der Waals surface area contributed by atoms with Crippen molar-refractivity contribution in [2.75, 3.05) is 0 Å². The Bertz CT molecular complexity index is 346. The predicted octanol–water partition coefficient (Wildman–Crippen LogP) is 2.24. The topological polar surface area (TPSA) is 38.0 Å². The van der Waals surface area contributed by atoms with Gasteiger partial charge in [0, 0.05) is 4.47 Å². The first-order valence-corrected chi connectivity index (χ1v) is 4.73. The van der Waals surface area contributed by atoms with Gasteiger partial charge in [-0.05, 0) is 33.6 Å². The highest BCUT2D eigenvalue weighted by atomic mass is 79.9. The average Bonchev–Trinajstić information content (AvgIpc) is 2.13. The third kappa shape index (κ3) is 2.45. The summed E-state index contributed by atoms with van der Waals surface area (Å²) < 4.78 is 0.808. The fraction of sp³-hybridized carbons (Fsp3) is 0.111. The van der Waals surface area contributed by atoms with E-state index >= 15 is 0 Å². The molecule has 0 heterocycles. The van der Waals surface area contributed by atoms with Crippen LogP contribution in [0.25, 0.3) is 0 Å². The van der Waals surface area contributed by atoms with E-state index in [-0.39, 0.29) is 6.04 Å². The molecule has 68 valence electrons. The Morgan fingerprint density at radius 3 is 2.77 bits per heavy atom. The van der Waals surface area contributed by atoms with Gasteiger partial charge in [0.05, 0.1) is 5.02 Å². The minimum absolute atomic E-state index is 0.284. The SMILES string of the molecule is C#CC(NN)c1ccc(Cl)c(Br)c1. The van der Waals surface area contributed by atoms with E-state index in [9.17, 15) is 0 Å². The second-order valence-corrected chi connectivity index (χ2v) is 3.70. The number of hydrogen-bond acceptors (Lipinski definition) is 2. The van der Waals surface area contributed by atoms with Gasteiger partial charge in [0.25, 0.3) is 0 Å². The van der Waals surface area contributed by atoms with Crippen molar-refractivity contribution >= 4 is 27.5 Å². The van der Waals surface area contributed by atoms with Gasteiger partial charge in [0.1, 0.15) is 6.04 Å². The Hall–Kier alpha value is -0.530. The van der Waals surface area contributed by atoms with E-state index in [2.05, 4.69) is 27.3 Å². The first-order valence-electron chi connectivity index (χ1n) is 3.56. The molecule has 0 fully saturated rings. The summed E-state index contributed by atoms with van der Waals surface area (Å²) in [7, 11) is 0. The van der Waals surface area contributed by atoms with Crippen LogP contribution in [0.15, 0.2) is 22.7 Å². The molecule has 1 atom stereocenters. The van der Waals surface area contributed by atoms with Crippen LogP contribution in [0, 0.1) is 12.3 Å². The van der Waals surface area contributed by atoms with Crippen LogP contribution in [0.1, 0.15) is 11.6 Å². The van der Waals surface area contributed by atoms with Crippen molar-refractivity contribution in [3.63, 3.8) is 0 Å². The van der Waals surface area contributed by atoms with Crippen LogP contribution in [0.4, 0.5) is 0 Å². The molecule has 4 heteroatoms. The molecule has 2 nitrogen and oxygen atoms in total. The van der Waals surface area contributed by atoms with E-state index in [1.165, 1.54) is 0 Å². The van der Waals surface area contributed by atoms with E-state index in [4.69, 9.17) is 23.9 Å². The van der Waals surface area contributed by atoms with Crippen molar-refractivity contribution in [2.45, 2.75) is 6.04 Å². The van der Waals surface area contributed by atoms with Gasteiger partial charge in [-0.3, -0.25) is 5.84 Å². The average molecular weight is 260 g/mol. The Morgan fingerprint density at radius 2 is 2.31 bits per heavy atom. The summed E-state index contributed by atoms with van der Waals surface area (Å²) in [5, 5.41) is 0.650. The highest BCUT2D eigenvalue weighted by molar-refractivity contribution is 9.10. The van der Waals surface area contributed by atoms with Gasteiger partial charge < -0.3 is 0 Å². The molecule has 0 aliphatic heterocycles. The van der Waals surface area contributed by atoms with E-state index < -0.39 is 0 Å². The molecule has 3 N–H and O–H groups in total. The molecule has 1 rings (SSSR count). The summed E-state index contributed by atoms with van der Waals surface area (Å²) in [5.41, 5.74) is 3.42. The van der Waals surface area contributed by atoms with Crippen molar-refractivity contribution in [3.8, 4) is 12.3 Å². The Morgan fingerprint density at radius 1 is 1.62 bits per heavy atom. The zero-order valence-corrected chi connectivity index (χ0v) is 9.06. The van der Waals surface area contributed by atoms with Crippen LogP contribution in [0.2, 0.25) is 5.02 Å². The second-order valence-electron chi connectivity index (χ2n) is 2.44. The van der Waals surface area contributed by atoms with Crippen LogP contribution in [-0.4, -0.2) is 0 Å². The van der Waals surface area contributed by atoms with Crippen LogP contribution in [-0.2, 0) is 0 Å². The summed E-state index contributed by atoms with van der Waals surface area (Å²) in [6.07, 6.45) is 5.26. The summed E-state index contributed by atoms with van der Waals surface area (Å²) in [6.45, 7) is 0. The molecule has 0 spiro atoms. The number of hydrazine groups is 1. The van der Waals surface area contributed by atoms with Crippen molar-refractivity contribution < 1.29 is 0 Å². The molecule has 0 aromatic heterocycles. The van der Waals surface area contributed by atoms with Gasteiger partial charge in [-0.2, -0.15) is 0 Å². The van der Waals surface area contributed by atoms with Crippen LogP contribution in [0.5, 0.6) is 0 Å². The lowest BCUT2D eigenvalue weighted by atomic mass is 10.1. The van der Waals surface area contributed by atoms with Gasteiger partial charge in [-0.15, -0.1) is 6.42 Å². The van der Waals surface area contributed by atoms with Crippen molar-refractivity contribution in [3.05, 3.63) is 33.3 Å². The van der Waals surface area contributed by atoms with Crippen molar-refractivity contribution in [1.29, 1.82) is 0 Å². The van der Waals surface area contributed by atoms with Crippen molar-refractivity contribution in [1.82, 2.24) is 5.43 Å². The van der Waals surface area contributed by atoms with E-state index in [1.54, 1.807) is 6.07 Å². The lowest BCUT2D eigenvalue weighted by Crippen LogP contribution is -2.26. The smallest absolute Gasteiger partial charge is 0.106 e. The summed E-state index contributed by atoms with van der Waals surface area (Å²) in [5.74, 6) is 7.78. The third-order valence-corrected chi connectivity index (χ3v) is 2.82. The molecular formula is C9H8BrClN2. The molecule has 0 radical (unpaired) electrons. The van der Waals surface area contributed by atoms with Crippen molar-refractivity contribution in [2.24, 2.45) is 5.84 Å². The van der Waals surface area contributed by atoms with Gasteiger partial charge in [-0.1, -0.05) is 23.6 Å². The highest BCUT2D eigenvalue weighted by Gasteiger charge is 2.06. The summed E-state index contributed by atoms with van der Waals surface area (Å²) >= 11 is 9.13. The van der Waals surface area contributed by atoms with E-state index in [0.717, 1.165) is 10.0 Å². The molecule has 13 heavy (non-hydrogen) atoms. The molecule has 0 bridgehead atoms. The maximum atomic E-state index is 5.82. The maximum Gasteiger partial charge on any atom is 0.106 e. The number of hydrogen-bond donors (Lipinski definition) is 2. The maximum absolute atomic E-state index is 5.82. The van der Waals surface area contributed by atoms with Gasteiger partial charge in [-0.25, -0.2) is 5.43 Å². The largest absolute Gasteiger partial charge is 0.270 e. The zero-order valence-electron chi connectivity index (χ0n) is 6.72. The second kappa shape index (κ2) is 4.64. The number of halogens is 2. The first-order chi connectivity index (χ1) is 6.19. The highest BCUT2D eigenvalue weighted by Crippen LogP contribution is 2.25. The van der Waals surface area contributed by atoms with Crippen LogP contribution >= 0.6 is 27.5 Å². The molecular weight excluding hydrogens is 251 g/mol. The van der Waals surface area contributed by atoms with Crippen LogP contribution < -0.4 is 11.3 Å². The lowest BCUT2D eigenvalue weighted by molar-refractivity contribution is 0.673. The number of rotatable bonds is 2. The number of benzene rings is 1. The zero-order chi connectivity index (χ0) is 9.84. The van der Waals surface area contributed by atoms with Gasteiger partial charge >= 0.3 is 0 Å². The molecule has 1 unspecified atom stereocenters. The molecule has 0 aliphatic carbocycles. The van der Waals surface area contributed by atoms with Gasteiger partial charge in [0.2, 0.25) is 0 Å². The third-order valence-electron chi connectivity index (χ3n) is 1.61. The Labute approximate surface area is 90.6 Å². The minimum atomic E-state index is -0.284. The van der Waals surface area contributed by atoms with E-state index in [0.29, 0.717) is 5.02 Å². The molecule has 0 aliphatic rings. The summed E-state index contributed by atoms with van der Waals surface area (Å²) in [4.78, 5) is 0. The standard InChI is InChI=1S/C9H8BrClN2/c1-2-9(13-12)6-3-4-8(11)7(10)5-6/h1,3-5,9,13H,12H2.